The van der Waals surface area contributed by atoms with E-state index in [1.165, 1.54) is 18.0 Å². The smallest absolute Gasteiger partial charge is 0.237 e. The molecule has 0 atom stereocenters. The Hall–Kier alpha value is -0.820. The molecular formula is C12H16Cl2N2O3S. The molecule has 0 saturated heterocycles. The largest absolute Gasteiger partial charge is 0.348 e. The van der Waals surface area contributed by atoms with Crippen LogP contribution in [0, 0.1) is 0 Å². The van der Waals surface area contributed by atoms with Gasteiger partial charge < -0.3 is 4.90 Å². The number of benzene rings is 1. The normalized spacial score (nSPS) is 11.7. The molecule has 0 heterocycles. The van der Waals surface area contributed by atoms with E-state index in [-0.39, 0.29) is 18.2 Å². The lowest BCUT2D eigenvalue weighted by atomic mass is 10.2. The van der Waals surface area contributed by atoms with E-state index >= 15 is 0 Å². The number of likely N-dealkylation sites (N-methyl/N-ethyl adjacent to an activating group) is 2. The summed E-state index contributed by atoms with van der Waals surface area (Å²) in [6.45, 7) is -0.198. The van der Waals surface area contributed by atoms with Gasteiger partial charge in [-0.2, -0.15) is 4.31 Å². The van der Waals surface area contributed by atoms with E-state index in [9.17, 15) is 13.2 Å². The fraction of sp³-hybridized carbons (Fsp3) is 0.417. The monoisotopic (exact) mass is 338 g/mol. The van der Waals surface area contributed by atoms with Crippen molar-refractivity contribution in [3.8, 4) is 0 Å². The summed E-state index contributed by atoms with van der Waals surface area (Å²) in [5.74, 6) is -0.522. The molecule has 8 heteroatoms. The Kier molecular flexibility index (Phi) is 5.82. The Labute approximate surface area is 129 Å². The molecule has 0 N–H and O–H groups in total. The van der Waals surface area contributed by atoms with Crippen molar-refractivity contribution in [3.63, 3.8) is 0 Å². The molecule has 0 bridgehead atoms. The zero-order valence-electron chi connectivity index (χ0n) is 11.4. The molecule has 0 unspecified atom stereocenters. The number of nitrogens with zero attached hydrogens (tertiary/aromatic N) is 2. The van der Waals surface area contributed by atoms with Crippen LogP contribution in [0.2, 0.25) is 10.0 Å². The maximum atomic E-state index is 12.1. The molecule has 1 aromatic rings. The molecular weight excluding hydrogens is 323 g/mol. The van der Waals surface area contributed by atoms with Crippen LogP contribution in [0.5, 0.6) is 0 Å². The Morgan fingerprint density at radius 3 is 2.25 bits per heavy atom. The summed E-state index contributed by atoms with van der Waals surface area (Å²) < 4.78 is 25.3. The first kappa shape index (κ1) is 17.2. The highest BCUT2D eigenvalue weighted by atomic mass is 35.5. The molecule has 1 rings (SSSR count). The van der Waals surface area contributed by atoms with Crippen molar-refractivity contribution >= 4 is 39.1 Å². The first-order chi connectivity index (χ1) is 9.13. The number of amides is 1. The van der Waals surface area contributed by atoms with Crippen molar-refractivity contribution < 1.29 is 13.2 Å². The summed E-state index contributed by atoms with van der Waals surface area (Å²) in [5, 5.41) is 0.662. The summed E-state index contributed by atoms with van der Waals surface area (Å²) in [6.07, 6.45) is 0. The standard InChI is InChI=1S/C12H16Cl2N2O3S/c1-15(2)12(17)7-16(3)20(18,19)8-9-4-5-10(13)11(14)6-9/h4-6H,7-8H2,1-3H3. The maximum Gasteiger partial charge on any atom is 0.237 e. The minimum absolute atomic E-state index is 0.198. The Morgan fingerprint density at radius 2 is 1.75 bits per heavy atom. The van der Waals surface area contributed by atoms with Gasteiger partial charge in [-0.25, -0.2) is 8.42 Å². The number of hydrogen-bond donors (Lipinski definition) is 0. The Morgan fingerprint density at radius 1 is 1.15 bits per heavy atom. The molecule has 0 aliphatic carbocycles. The van der Waals surface area contributed by atoms with Crippen molar-refractivity contribution in [2.75, 3.05) is 27.7 Å². The van der Waals surface area contributed by atoms with E-state index in [0.29, 0.717) is 15.6 Å². The molecule has 0 aliphatic heterocycles. The number of halogens is 2. The van der Waals surface area contributed by atoms with Gasteiger partial charge in [0.25, 0.3) is 0 Å². The van der Waals surface area contributed by atoms with Gasteiger partial charge in [0.2, 0.25) is 15.9 Å². The zero-order valence-corrected chi connectivity index (χ0v) is 13.8. The van der Waals surface area contributed by atoms with Gasteiger partial charge in [-0.15, -0.1) is 0 Å². The zero-order chi connectivity index (χ0) is 15.5. The average Bonchev–Trinajstić information content (AvgIpc) is 2.33. The first-order valence-electron chi connectivity index (χ1n) is 5.71. The highest BCUT2D eigenvalue weighted by molar-refractivity contribution is 7.88. The number of rotatable bonds is 5. The van der Waals surface area contributed by atoms with Crippen LogP contribution in [-0.2, 0) is 20.6 Å². The summed E-state index contributed by atoms with van der Waals surface area (Å²) in [6, 6.07) is 4.64. The molecule has 0 fully saturated rings. The number of carbonyl (C=O) groups is 1. The third-order valence-corrected chi connectivity index (χ3v) is 5.18. The fourth-order valence-electron chi connectivity index (χ4n) is 1.38. The summed E-state index contributed by atoms with van der Waals surface area (Å²) in [5.41, 5.74) is 0.517. The second kappa shape index (κ2) is 6.76. The van der Waals surface area contributed by atoms with E-state index in [2.05, 4.69) is 0 Å². The van der Waals surface area contributed by atoms with Crippen LogP contribution < -0.4 is 0 Å². The molecule has 0 spiro atoms. The lowest BCUT2D eigenvalue weighted by Crippen LogP contribution is -2.38. The van der Waals surface area contributed by atoms with Crippen molar-refractivity contribution in [2.45, 2.75) is 5.75 Å². The van der Waals surface area contributed by atoms with Gasteiger partial charge in [0.15, 0.2) is 0 Å². The van der Waals surface area contributed by atoms with Crippen LogP contribution in [0.15, 0.2) is 18.2 Å². The number of sulfonamides is 1. The van der Waals surface area contributed by atoms with Gasteiger partial charge in [0, 0.05) is 21.1 Å². The molecule has 20 heavy (non-hydrogen) atoms. The van der Waals surface area contributed by atoms with E-state index < -0.39 is 10.0 Å². The lowest BCUT2D eigenvalue weighted by Gasteiger charge is -2.19. The number of hydrogen-bond acceptors (Lipinski definition) is 3. The molecule has 0 aromatic heterocycles. The van der Waals surface area contributed by atoms with Crippen LogP contribution in [0.3, 0.4) is 0 Å². The van der Waals surface area contributed by atoms with Gasteiger partial charge in [-0.3, -0.25) is 4.79 Å². The quantitative estimate of drug-likeness (QED) is 0.823. The molecule has 5 nitrogen and oxygen atoms in total. The third kappa shape index (κ3) is 4.63. The topological polar surface area (TPSA) is 57.7 Å². The van der Waals surface area contributed by atoms with Crippen molar-refractivity contribution in [1.82, 2.24) is 9.21 Å². The van der Waals surface area contributed by atoms with Crippen molar-refractivity contribution in [1.29, 1.82) is 0 Å². The minimum Gasteiger partial charge on any atom is -0.348 e. The lowest BCUT2D eigenvalue weighted by molar-refractivity contribution is -0.128. The molecule has 0 aliphatic rings. The Balaban J connectivity index is 2.83. The highest BCUT2D eigenvalue weighted by Gasteiger charge is 2.22. The van der Waals surface area contributed by atoms with Crippen LogP contribution >= 0.6 is 23.2 Å². The summed E-state index contributed by atoms with van der Waals surface area (Å²) in [7, 11) is 0.924. The van der Waals surface area contributed by atoms with Crippen LogP contribution in [0.4, 0.5) is 0 Å². The summed E-state index contributed by atoms with van der Waals surface area (Å²) >= 11 is 11.6. The molecule has 112 valence electrons. The van der Waals surface area contributed by atoms with Gasteiger partial charge in [-0.05, 0) is 17.7 Å². The third-order valence-electron chi connectivity index (χ3n) is 2.66. The minimum atomic E-state index is -3.59. The number of carbonyl (C=O) groups excluding carboxylic acids is 1. The van der Waals surface area contributed by atoms with E-state index in [4.69, 9.17) is 23.2 Å². The van der Waals surface area contributed by atoms with E-state index in [0.717, 1.165) is 4.31 Å². The van der Waals surface area contributed by atoms with Crippen LogP contribution in [0.1, 0.15) is 5.56 Å². The fourth-order valence-corrected chi connectivity index (χ4v) is 2.83. The molecule has 1 amide bonds. The van der Waals surface area contributed by atoms with E-state index in [1.807, 2.05) is 0 Å². The van der Waals surface area contributed by atoms with Gasteiger partial charge in [0.05, 0.1) is 22.3 Å². The van der Waals surface area contributed by atoms with Gasteiger partial charge in [-0.1, -0.05) is 29.3 Å². The average molecular weight is 339 g/mol. The molecule has 0 saturated carbocycles. The SMILES string of the molecule is CN(C)C(=O)CN(C)S(=O)(=O)Cc1ccc(Cl)c(Cl)c1. The highest BCUT2D eigenvalue weighted by Crippen LogP contribution is 2.23. The van der Waals surface area contributed by atoms with Crippen molar-refractivity contribution in [2.24, 2.45) is 0 Å². The maximum absolute atomic E-state index is 12.1. The predicted octanol–water partition coefficient (Wildman–Crippen LogP) is 1.84. The van der Waals surface area contributed by atoms with Gasteiger partial charge >= 0.3 is 0 Å². The van der Waals surface area contributed by atoms with E-state index in [1.54, 1.807) is 26.2 Å². The molecule has 1 aromatic carbocycles. The molecule has 0 radical (unpaired) electrons. The van der Waals surface area contributed by atoms with Crippen molar-refractivity contribution in [3.05, 3.63) is 33.8 Å². The second-order valence-corrected chi connectivity index (χ2v) is 7.44. The summed E-state index contributed by atoms with van der Waals surface area (Å²) in [4.78, 5) is 12.9. The van der Waals surface area contributed by atoms with Gasteiger partial charge in [0.1, 0.15) is 0 Å². The second-order valence-electron chi connectivity index (χ2n) is 4.55. The Bertz CT molecular complexity index is 603. The van der Waals surface area contributed by atoms with Crippen LogP contribution in [-0.4, -0.2) is 51.2 Å². The first-order valence-corrected chi connectivity index (χ1v) is 8.08. The van der Waals surface area contributed by atoms with Crippen LogP contribution in [0.25, 0.3) is 0 Å². The predicted molar refractivity (Wildman–Crippen MR) is 80.4 cm³/mol.